The van der Waals surface area contributed by atoms with Crippen molar-refractivity contribution >= 4 is 11.9 Å². The van der Waals surface area contributed by atoms with Crippen LogP contribution in [0.1, 0.15) is 139 Å². The largest absolute Gasteiger partial charge is 0.469 e. The van der Waals surface area contributed by atoms with Gasteiger partial charge < -0.3 is 19.7 Å². The highest BCUT2D eigenvalue weighted by atomic mass is 16.5. The Morgan fingerprint density at radius 2 is 0.944 bits per heavy atom. The number of hydrogen-bond donors (Lipinski definition) is 2. The Kier molecular flexibility index (Phi) is 35.4. The molecule has 6 nitrogen and oxygen atoms in total. The molecule has 0 spiro atoms. The van der Waals surface area contributed by atoms with Crippen LogP contribution in [0.15, 0.2) is 0 Å². The number of carbonyl (C=O) groups is 2. The number of esters is 2. The second-order valence-corrected chi connectivity index (χ2v) is 12.9. The van der Waals surface area contributed by atoms with Gasteiger partial charge in [-0.05, 0) is 57.3 Å². The first-order chi connectivity index (χ1) is 13.7. The molecule has 0 aromatic rings. The van der Waals surface area contributed by atoms with E-state index < -0.39 is 5.60 Å². The van der Waals surface area contributed by atoms with Crippen molar-refractivity contribution in [3.05, 3.63) is 0 Å². The predicted octanol–water partition coefficient (Wildman–Crippen LogP) is 8.56. The van der Waals surface area contributed by atoms with Crippen LogP contribution in [0.5, 0.6) is 0 Å². The maximum absolute atomic E-state index is 10.6. The molecule has 2 N–H and O–H groups in total. The summed E-state index contributed by atoms with van der Waals surface area (Å²) in [6.45, 7) is 27.8. The molecule has 0 aromatic heterocycles. The Balaban J connectivity index is -0.0000000468. The summed E-state index contributed by atoms with van der Waals surface area (Å²) in [5, 5.41) is 17.8. The Hall–Kier alpha value is -1.14. The van der Waals surface area contributed by atoms with Gasteiger partial charge in [-0.3, -0.25) is 9.59 Å². The zero-order chi connectivity index (χ0) is 27.2. The maximum atomic E-state index is 10.6. The molecule has 0 bridgehead atoms. The molecular weight excluding hydrogens is 456 g/mol. The van der Waals surface area contributed by atoms with Crippen LogP contribution in [0.2, 0.25) is 0 Å². The minimum Gasteiger partial charge on any atom is -0.469 e. The van der Waals surface area contributed by atoms with Gasteiger partial charge in [0, 0.05) is 6.61 Å². The highest BCUT2D eigenvalue weighted by Gasteiger charge is 2.29. The van der Waals surface area contributed by atoms with E-state index in [-0.39, 0.29) is 57.9 Å². The fraction of sp³-hybridized carbons (Fsp3) is 0.933. The molecule has 6 heteroatoms. The monoisotopic (exact) mass is 529 g/mol. The summed E-state index contributed by atoms with van der Waals surface area (Å²) in [7, 11) is 2.81. The third-order valence-electron chi connectivity index (χ3n) is 4.40. The van der Waals surface area contributed by atoms with Crippen LogP contribution in [0.3, 0.4) is 0 Å². The average molecular weight is 529 g/mol. The smallest absolute Gasteiger partial charge is 0.310 e. The SMILES string of the molecule is C.C.C.C.CC(C)(C)C(C)(C)O.CC(C)(C)CCO.COC(=O)C(C)(C)C.COC(=O)CC(C)(C)C. The summed E-state index contributed by atoms with van der Waals surface area (Å²) in [4.78, 5) is 21.2. The van der Waals surface area contributed by atoms with Gasteiger partial charge in [0.2, 0.25) is 0 Å². The van der Waals surface area contributed by atoms with Gasteiger partial charge in [0.15, 0.2) is 0 Å². The molecule has 0 saturated carbocycles. The van der Waals surface area contributed by atoms with E-state index in [1.807, 2.05) is 76.2 Å². The van der Waals surface area contributed by atoms with Crippen LogP contribution in [0.25, 0.3) is 0 Å². The van der Waals surface area contributed by atoms with Gasteiger partial charge in [-0.1, -0.05) is 92.0 Å². The lowest BCUT2D eigenvalue weighted by Gasteiger charge is -2.33. The summed E-state index contributed by atoms with van der Waals surface area (Å²) < 4.78 is 8.96. The molecule has 0 unspecified atom stereocenters. The van der Waals surface area contributed by atoms with Crippen molar-refractivity contribution in [2.75, 3.05) is 20.8 Å². The fourth-order valence-electron chi connectivity index (χ4n) is 1.15. The summed E-state index contributed by atoms with van der Waals surface area (Å²) in [5.74, 6) is -0.306. The second-order valence-electron chi connectivity index (χ2n) is 12.9. The number of carbonyl (C=O) groups excluding carboxylic acids is 2. The highest BCUT2D eigenvalue weighted by molar-refractivity contribution is 5.75. The van der Waals surface area contributed by atoms with Crippen LogP contribution >= 0.6 is 0 Å². The topological polar surface area (TPSA) is 93.1 Å². The van der Waals surface area contributed by atoms with Crippen molar-refractivity contribution in [2.45, 2.75) is 145 Å². The average Bonchev–Trinajstić information content (AvgIpc) is 2.50. The van der Waals surface area contributed by atoms with Crippen LogP contribution in [0.4, 0.5) is 0 Å². The molecule has 0 aliphatic heterocycles. The van der Waals surface area contributed by atoms with Crippen molar-refractivity contribution in [2.24, 2.45) is 21.7 Å². The molecular formula is C30H72O6. The molecule has 0 radical (unpaired) electrons. The lowest BCUT2D eigenvalue weighted by atomic mass is 9.79. The van der Waals surface area contributed by atoms with E-state index in [4.69, 9.17) is 5.11 Å². The lowest BCUT2D eigenvalue weighted by Crippen LogP contribution is -2.35. The van der Waals surface area contributed by atoms with Gasteiger partial charge in [0.25, 0.3) is 0 Å². The first kappa shape index (κ1) is 55.4. The van der Waals surface area contributed by atoms with E-state index in [9.17, 15) is 14.7 Å². The van der Waals surface area contributed by atoms with Crippen molar-refractivity contribution in [3.63, 3.8) is 0 Å². The quantitative estimate of drug-likeness (QED) is 0.349. The van der Waals surface area contributed by atoms with Crippen LogP contribution in [-0.4, -0.2) is 48.6 Å². The van der Waals surface area contributed by atoms with Crippen LogP contribution in [0, 0.1) is 21.7 Å². The first-order valence-electron chi connectivity index (χ1n) is 11.2. The Bertz CT molecular complexity index is 478. The maximum Gasteiger partial charge on any atom is 0.310 e. The molecule has 228 valence electrons. The molecule has 0 heterocycles. The standard InChI is InChI=1S/C7H14O2.C7H16O.C6H12O2.C6H14O.4CH4/c1-7(2,3)5-6(8)9-4;1-6(2,3)7(4,5)8;1-6(2,3)5(7)8-4;1-6(2,3)4-5-7;;;;/h5H2,1-4H3;8H,1-5H3;1-4H3;7H,4-5H2,1-3H3;4*1H4. The van der Waals surface area contributed by atoms with Crippen LogP contribution in [-0.2, 0) is 19.1 Å². The predicted molar refractivity (Wildman–Crippen MR) is 161 cm³/mol. The number of rotatable bonds is 2. The minimum atomic E-state index is -0.562. The van der Waals surface area contributed by atoms with E-state index in [0.29, 0.717) is 18.4 Å². The summed E-state index contributed by atoms with van der Waals surface area (Å²) in [6, 6.07) is 0. The number of methoxy groups -OCH3 is 2. The highest BCUT2D eigenvalue weighted by Crippen LogP contribution is 2.28. The van der Waals surface area contributed by atoms with Gasteiger partial charge in [-0.15, -0.1) is 0 Å². The van der Waals surface area contributed by atoms with E-state index >= 15 is 0 Å². The summed E-state index contributed by atoms with van der Waals surface area (Å²) in [6.07, 6.45) is 1.39. The second kappa shape index (κ2) is 23.0. The van der Waals surface area contributed by atoms with E-state index in [1.54, 1.807) is 0 Å². The number of aliphatic hydroxyl groups is 2. The van der Waals surface area contributed by atoms with E-state index in [0.717, 1.165) is 6.42 Å². The van der Waals surface area contributed by atoms with E-state index in [1.165, 1.54) is 14.2 Å². The van der Waals surface area contributed by atoms with Gasteiger partial charge in [-0.25, -0.2) is 0 Å². The Labute approximate surface area is 229 Å². The fourth-order valence-corrected chi connectivity index (χ4v) is 1.15. The van der Waals surface area contributed by atoms with Crippen molar-refractivity contribution in [1.82, 2.24) is 0 Å². The summed E-state index contributed by atoms with van der Waals surface area (Å²) >= 11 is 0. The molecule has 0 amide bonds. The summed E-state index contributed by atoms with van der Waals surface area (Å²) in [5.41, 5.74) is -0.573. The number of hydrogen-bond acceptors (Lipinski definition) is 6. The lowest BCUT2D eigenvalue weighted by molar-refractivity contribution is -0.149. The van der Waals surface area contributed by atoms with Gasteiger partial charge in [0.1, 0.15) is 0 Å². The zero-order valence-electron chi connectivity index (χ0n) is 24.1. The van der Waals surface area contributed by atoms with Crippen LogP contribution < -0.4 is 0 Å². The molecule has 0 rings (SSSR count). The van der Waals surface area contributed by atoms with Crippen molar-refractivity contribution < 1.29 is 29.3 Å². The number of aliphatic hydroxyl groups excluding tert-OH is 1. The molecule has 0 atom stereocenters. The van der Waals surface area contributed by atoms with Gasteiger partial charge in [0.05, 0.1) is 31.7 Å². The van der Waals surface area contributed by atoms with Crippen molar-refractivity contribution in [3.8, 4) is 0 Å². The van der Waals surface area contributed by atoms with Gasteiger partial charge in [-0.2, -0.15) is 0 Å². The zero-order valence-corrected chi connectivity index (χ0v) is 24.1. The first-order valence-corrected chi connectivity index (χ1v) is 11.2. The Morgan fingerprint density at radius 3 is 0.972 bits per heavy atom. The van der Waals surface area contributed by atoms with Crippen molar-refractivity contribution in [1.29, 1.82) is 0 Å². The Morgan fingerprint density at radius 1 is 0.639 bits per heavy atom. The molecule has 0 aliphatic rings. The number of ether oxygens (including phenoxy) is 2. The molecule has 0 aromatic carbocycles. The van der Waals surface area contributed by atoms with Gasteiger partial charge >= 0.3 is 11.9 Å². The normalized spacial score (nSPS) is 10.7. The molecule has 36 heavy (non-hydrogen) atoms. The third-order valence-corrected chi connectivity index (χ3v) is 4.40. The van der Waals surface area contributed by atoms with E-state index in [2.05, 4.69) is 30.2 Å². The third kappa shape index (κ3) is 46.2. The molecule has 0 aliphatic carbocycles. The minimum absolute atomic E-state index is 0. The molecule has 0 saturated heterocycles. The molecule has 0 fully saturated rings.